The maximum absolute atomic E-state index is 13.7. The Bertz CT molecular complexity index is 1340. The van der Waals surface area contributed by atoms with Crippen LogP contribution in [0.15, 0.2) is 64.5 Å². The number of thioether (sulfide) groups is 1. The van der Waals surface area contributed by atoms with Gasteiger partial charge in [-0.1, -0.05) is 42.1 Å². The lowest BCUT2D eigenvalue weighted by atomic mass is 10.2. The minimum Gasteiger partial charge on any atom is -0.494 e. The number of thiophene rings is 1. The molecule has 1 aliphatic rings. The fourth-order valence-electron chi connectivity index (χ4n) is 4.04. The molecule has 0 saturated heterocycles. The molecule has 0 radical (unpaired) electrons. The molecule has 162 valence electrons. The number of fused-ring (bicyclic) bond motifs is 3. The molecular weight excluding hydrogens is 440 g/mol. The number of ketones is 1. The predicted octanol–water partition coefficient (Wildman–Crippen LogP) is 5.31. The number of benzene rings is 2. The van der Waals surface area contributed by atoms with Gasteiger partial charge in [-0.15, -0.1) is 11.3 Å². The molecule has 0 amide bonds. The quantitative estimate of drug-likeness (QED) is 0.212. The second kappa shape index (κ2) is 8.92. The van der Waals surface area contributed by atoms with Crippen molar-refractivity contribution in [2.24, 2.45) is 0 Å². The first-order valence-corrected chi connectivity index (χ1v) is 12.5. The van der Waals surface area contributed by atoms with Crippen molar-refractivity contribution in [3.8, 4) is 11.4 Å². The molecule has 7 heteroatoms. The van der Waals surface area contributed by atoms with E-state index in [9.17, 15) is 9.59 Å². The molecular formula is C25H22N2O3S2. The van der Waals surface area contributed by atoms with Gasteiger partial charge in [-0.05, 0) is 56.0 Å². The average molecular weight is 463 g/mol. The molecule has 0 saturated carbocycles. The number of carbonyl (C=O) groups is 1. The minimum atomic E-state index is -0.0618. The van der Waals surface area contributed by atoms with Gasteiger partial charge in [0.05, 0.1) is 23.4 Å². The second-order valence-corrected chi connectivity index (χ2v) is 9.60. The molecule has 2 heterocycles. The van der Waals surface area contributed by atoms with Crippen molar-refractivity contribution in [2.45, 2.75) is 31.3 Å². The lowest BCUT2D eigenvalue weighted by molar-refractivity contribution is 0.102. The zero-order valence-electron chi connectivity index (χ0n) is 17.7. The van der Waals surface area contributed by atoms with Crippen molar-refractivity contribution in [3.63, 3.8) is 0 Å². The smallest absolute Gasteiger partial charge is 0.267 e. The first kappa shape index (κ1) is 21.0. The van der Waals surface area contributed by atoms with Crippen molar-refractivity contribution >= 4 is 39.1 Å². The Kier molecular flexibility index (Phi) is 5.85. The van der Waals surface area contributed by atoms with Crippen LogP contribution in [0.2, 0.25) is 0 Å². The van der Waals surface area contributed by atoms with Crippen LogP contribution >= 0.6 is 23.1 Å². The minimum absolute atomic E-state index is 0.0110. The number of hydrogen-bond donors (Lipinski definition) is 0. The van der Waals surface area contributed by atoms with Gasteiger partial charge in [-0.25, -0.2) is 4.98 Å². The first-order chi connectivity index (χ1) is 15.7. The highest BCUT2D eigenvalue weighted by atomic mass is 32.2. The zero-order valence-corrected chi connectivity index (χ0v) is 19.3. The van der Waals surface area contributed by atoms with E-state index in [1.165, 1.54) is 16.6 Å². The maximum Gasteiger partial charge on any atom is 0.267 e. The van der Waals surface area contributed by atoms with Crippen LogP contribution in [0.1, 0.15) is 34.1 Å². The Morgan fingerprint density at radius 1 is 1.12 bits per heavy atom. The van der Waals surface area contributed by atoms with Crippen LogP contribution in [0.25, 0.3) is 15.9 Å². The van der Waals surface area contributed by atoms with Gasteiger partial charge in [0, 0.05) is 10.4 Å². The summed E-state index contributed by atoms with van der Waals surface area (Å²) in [6.45, 7) is 2.52. The molecule has 0 unspecified atom stereocenters. The van der Waals surface area contributed by atoms with E-state index in [0.717, 1.165) is 46.5 Å². The SMILES string of the molecule is CCOc1ccc(-n2c(SCC(=O)c3ccccc3)nc3sc4c(c3c2=O)CCC4)cc1. The highest BCUT2D eigenvalue weighted by Crippen LogP contribution is 2.36. The number of carbonyl (C=O) groups excluding carboxylic acids is 1. The summed E-state index contributed by atoms with van der Waals surface area (Å²) in [6.07, 6.45) is 3.02. The van der Waals surface area contributed by atoms with Gasteiger partial charge in [0.15, 0.2) is 10.9 Å². The van der Waals surface area contributed by atoms with Gasteiger partial charge in [0.2, 0.25) is 0 Å². The number of aryl methyl sites for hydroxylation is 2. The molecule has 0 atom stereocenters. The van der Waals surface area contributed by atoms with Crippen LogP contribution in [-0.2, 0) is 12.8 Å². The van der Waals surface area contributed by atoms with E-state index in [2.05, 4.69) is 0 Å². The molecule has 0 aliphatic heterocycles. The summed E-state index contributed by atoms with van der Waals surface area (Å²) in [5.41, 5.74) is 2.47. The Balaban J connectivity index is 1.58. The third-order valence-electron chi connectivity index (χ3n) is 5.54. The fraction of sp³-hybridized carbons (Fsp3) is 0.240. The molecule has 0 spiro atoms. The van der Waals surface area contributed by atoms with E-state index in [1.807, 2.05) is 61.5 Å². The lowest BCUT2D eigenvalue weighted by Gasteiger charge is -2.13. The van der Waals surface area contributed by atoms with E-state index in [4.69, 9.17) is 9.72 Å². The Hall–Kier alpha value is -2.90. The average Bonchev–Trinajstić information content (AvgIpc) is 3.40. The van der Waals surface area contributed by atoms with E-state index in [0.29, 0.717) is 17.3 Å². The monoisotopic (exact) mass is 462 g/mol. The number of aromatic nitrogens is 2. The van der Waals surface area contributed by atoms with Crippen LogP contribution < -0.4 is 10.3 Å². The molecule has 2 aromatic heterocycles. The Morgan fingerprint density at radius 2 is 1.91 bits per heavy atom. The highest BCUT2D eigenvalue weighted by molar-refractivity contribution is 7.99. The zero-order chi connectivity index (χ0) is 22.1. The van der Waals surface area contributed by atoms with E-state index in [-0.39, 0.29) is 17.1 Å². The standard InChI is InChI=1S/C25H22N2O3S2/c1-2-30-18-13-11-17(12-14-18)27-24(29)22-19-9-6-10-21(19)32-23(22)26-25(27)31-15-20(28)16-7-4-3-5-8-16/h3-5,7-8,11-14H,2,6,9-10,15H2,1H3. The molecule has 0 N–H and O–H groups in total. The second-order valence-electron chi connectivity index (χ2n) is 7.58. The van der Waals surface area contributed by atoms with Crippen LogP contribution in [0.4, 0.5) is 0 Å². The largest absolute Gasteiger partial charge is 0.494 e. The Labute approximate surface area is 194 Å². The predicted molar refractivity (Wildman–Crippen MR) is 130 cm³/mol. The number of hydrogen-bond acceptors (Lipinski definition) is 6. The van der Waals surface area contributed by atoms with Crippen molar-refractivity contribution in [1.29, 1.82) is 0 Å². The summed E-state index contributed by atoms with van der Waals surface area (Å²) in [4.78, 5) is 33.3. The van der Waals surface area contributed by atoms with Gasteiger partial charge in [-0.2, -0.15) is 0 Å². The summed E-state index contributed by atoms with van der Waals surface area (Å²) >= 11 is 2.92. The molecule has 2 aromatic carbocycles. The van der Waals surface area contributed by atoms with Gasteiger partial charge >= 0.3 is 0 Å². The molecule has 1 aliphatic carbocycles. The number of rotatable bonds is 7. The van der Waals surface area contributed by atoms with Crippen molar-refractivity contribution in [2.75, 3.05) is 12.4 Å². The van der Waals surface area contributed by atoms with Crippen LogP contribution in [0.5, 0.6) is 5.75 Å². The Morgan fingerprint density at radius 3 is 2.66 bits per heavy atom. The summed E-state index contributed by atoms with van der Waals surface area (Å²) in [7, 11) is 0. The molecule has 5 nitrogen and oxygen atoms in total. The van der Waals surface area contributed by atoms with Gasteiger partial charge in [0.1, 0.15) is 10.6 Å². The maximum atomic E-state index is 13.7. The van der Waals surface area contributed by atoms with Crippen molar-refractivity contribution in [3.05, 3.63) is 81.0 Å². The lowest BCUT2D eigenvalue weighted by Crippen LogP contribution is -2.22. The molecule has 0 bridgehead atoms. The number of Topliss-reactive ketones (excluding diaryl/α,β-unsaturated/α-hetero) is 1. The molecule has 5 rings (SSSR count). The van der Waals surface area contributed by atoms with Crippen LogP contribution in [-0.4, -0.2) is 27.7 Å². The third-order valence-corrected chi connectivity index (χ3v) is 7.67. The molecule has 4 aromatic rings. The van der Waals surface area contributed by atoms with Crippen molar-refractivity contribution in [1.82, 2.24) is 9.55 Å². The van der Waals surface area contributed by atoms with E-state index in [1.54, 1.807) is 15.9 Å². The summed E-state index contributed by atoms with van der Waals surface area (Å²) in [5, 5.41) is 1.27. The topological polar surface area (TPSA) is 61.2 Å². The summed E-state index contributed by atoms with van der Waals surface area (Å²) in [5.74, 6) is 0.976. The summed E-state index contributed by atoms with van der Waals surface area (Å²) in [6, 6.07) is 16.7. The number of nitrogens with zero attached hydrogens (tertiary/aromatic N) is 2. The third kappa shape index (κ3) is 3.87. The van der Waals surface area contributed by atoms with Gasteiger partial charge < -0.3 is 4.74 Å². The summed E-state index contributed by atoms with van der Waals surface area (Å²) < 4.78 is 7.20. The van der Waals surface area contributed by atoms with Crippen LogP contribution in [0.3, 0.4) is 0 Å². The fourth-order valence-corrected chi connectivity index (χ4v) is 6.25. The van der Waals surface area contributed by atoms with E-state index >= 15 is 0 Å². The highest BCUT2D eigenvalue weighted by Gasteiger charge is 2.24. The van der Waals surface area contributed by atoms with Crippen LogP contribution in [0, 0.1) is 0 Å². The molecule has 32 heavy (non-hydrogen) atoms. The van der Waals surface area contributed by atoms with Gasteiger partial charge in [0.25, 0.3) is 5.56 Å². The molecule has 0 fully saturated rings. The van der Waals surface area contributed by atoms with Crippen molar-refractivity contribution < 1.29 is 9.53 Å². The normalized spacial score (nSPS) is 12.8. The van der Waals surface area contributed by atoms with Gasteiger partial charge in [-0.3, -0.25) is 14.2 Å². The van der Waals surface area contributed by atoms with E-state index < -0.39 is 0 Å². The number of ether oxygens (including phenoxy) is 1. The first-order valence-electron chi connectivity index (χ1n) is 10.7.